The van der Waals surface area contributed by atoms with Crippen molar-refractivity contribution in [3.63, 3.8) is 0 Å². The molecule has 1 amide bonds. The molecule has 0 bridgehead atoms. The van der Waals surface area contributed by atoms with E-state index in [1.165, 1.54) is 0 Å². The van der Waals surface area contributed by atoms with E-state index in [0.29, 0.717) is 12.3 Å². The van der Waals surface area contributed by atoms with Gasteiger partial charge in [0.25, 0.3) is 0 Å². The lowest BCUT2D eigenvalue weighted by atomic mass is 10.1. The summed E-state index contributed by atoms with van der Waals surface area (Å²) >= 11 is 0. The number of aliphatic imine (C=N–C) groups is 1. The number of amides is 1. The highest BCUT2D eigenvalue weighted by Crippen LogP contribution is 2.04. The van der Waals surface area contributed by atoms with Crippen molar-refractivity contribution in [3.05, 3.63) is 11.9 Å². The van der Waals surface area contributed by atoms with Crippen LogP contribution in [0.5, 0.6) is 0 Å². The highest BCUT2D eigenvalue weighted by Gasteiger charge is 1.99. The summed E-state index contributed by atoms with van der Waals surface area (Å²) in [4.78, 5) is 14.0. The predicted octanol–water partition coefficient (Wildman–Crippen LogP) is 1.32. The fourth-order valence-corrected chi connectivity index (χ4v) is 0.576. The normalized spacial score (nSPS) is 12.5. The number of carbonyl (C=O) groups excluding carboxylic acids is 1. The third-order valence-electron chi connectivity index (χ3n) is 1.21. The molecule has 0 aliphatic heterocycles. The van der Waals surface area contributed by atoms with Crippen LogP contribution >= 0.6 is 0 Å². The summed E-state index contributed by atoms with van der Waals surface area (Å²) < 4.78 is 0. The van der Waals surface area contributed by atoms with E-state index in [1.807, 2.05) is 20.8 Å². The minimum Gasteiger partial charge on any atom is -0.331 e. The van der Waals surface area contributed by atoms with Gasteiger partial charge >= 0.3 is 0 Å². The maximum absolute atomic E-state index is 10.1. The van der Waals surface area contributed by atoms with E-state index in [1.54, 1.807) is 12.4 Å². The third-order valence-corrected chi connectivity index (χ3v) is 1.21. The Hall–Kier alpha value is -1.12. The molecule has 0 rings (SSSR count). The van der Waals surface area contributed by atoms with Crippen molar-refractivity contribution in [3.8, 4) is 0 Å². The molecule has 0 spiro atoms. The summed E-state index contributed by atoms with van der Waals surface area (Å²) in [6.07, 6.45) is 3.99. The number of rotatable bonds is 4. The third kappa shape index (κ3) is 4.31. The molecule has 0 saturated heterocycles. The first kappa shape index (κ1) is 9.88. The van der Waals surface area contributed by atoms with Crippen molar-refractivity contribution < 1.29 is 4.79 Å². The van der Waals surface area contributed by atoms with Gasteiger partial charge in [-0.15, -0.1) is 0 Å². The second-order valence-electron chi connectivity index (χ2n) is 2.41. The molecule has 0 unspecified atom stereocenters. The summed E-state index contributed by atoms with van der Waals surface area (Å²) in [5, 5.41) is 2.58. The molecule has 11 heavy (non-hydrogen) atoms. The Balaban J connectivity index is 4.18. The van der Waals surface area contributed by atoms with E-state index in [2.05, 4.69) is 10.3 Å². The van der Waals surface area contributed by atoms with E-state index in [-0.39, 0.29) is 0 Å². The van der Waals surface area contributed by atoms with Gasteiger partial charge in [-0.25, -0.2) is 0 Å². The molecule has 0 aromatic rings. The van der Waals surface area contributed by atoms with Crippen LogP contribution in [0, 0.1) is 5.92 Å². The van der Waals surface area contributed by atoms with E-state index < -0.39 is 0 Å². The Bertz CT molecular complexity index is 171. The minimum absolute atomic E-state index is 0.295. The lowest BCUT2D eigenvalue weighted by Crippen LogP contribution is -2.14. The van der Waals surface area contributed by atoms with Crippen molar-refractivity contribution >= 4 is 12.6 Å². The van der Waals surface area contributed by atoms with Gasteiger partial charge in [0.05, 0.1) is 0 Å². The molecule has 3 nitrogen and oxygen atoms in total. The van der Waals surface area contributed by atoms with Crippen molar-refractivity contribution in [2.24, 2.45) is 10.9 Å². The molecule has 0 aromatic carbocycles. The van der Waals surface area contributed by atoms with Crippen molar-refractivity contribution in [1.82, 2.24) is 5.32 Å². The van der Waals surface area contributed by atoms with Crippen LogP contribution in [-0.4, -0.2) is 12.6 Å². The van der Waals surface area contributed by atoms with Crippen LogP contribution in [0.3, 0.4) is 0 Å². The lowest BCUT2D eigenvalue weighted by Gasteiger charge is -2.06. The maximum Gasteiger partial charge on any atom is 0.211 e. The molecule has 62 valence electrons. The first-order valence-corrected chi connectivity index (χ1v) is 3.60. The summed E-state index contributed by atoms with van der Waals surface area (Å²) in [5.41, 5.74) is 0.832. The van der Waals surface area contributed by atoms with Gasteiger partial charge in [-0.2, -0.15) is 0 Å². The quantitative estimate of drug-likeness (QED) is 0.481. The highest BCUT2D eigenvalue weighted by atomic mass is 16.1. The molecule has 0 aliphatic rings. The Morgan fingerprint density at radius 2 is 2.18 bits per heavy atom. The van der Waals surface area contributed by atoms with Crippen LogP contribution in [0.15, 0.2) is 16.9 Å². The number of hydrogen-bond acceptors (Lipinski definition) is 2. The Morgan fingerprint density at radius 3 is 2.55 bits per heavy atom. The van der Waals surface area contributed by atoms with E-state index in [4.69, 9.17) is 0 Å². The minimum atomic E-state index is 0.295. The van der Waals surface area contributed by atoms with Crippen molar-refractivity contribution in [2.45, 2.75) is 20.8 Å². The molecule has 0 atom stereocenters. The van der Waals surface area contributed by atoms with E-state index >= 15 is 0 Å². The summed E-state index contributed by atoms with van der Waals surface area (Å²) in [6, 6.07) is 0. The monoisotopic (exact) mass is 154 g/mol. The van der Waals surface area contributed by atoms with E-state index in [9.17, 15) is 4.79 Å². The SMILES string of the molecule is CC=N/C=C(\NC=O)C(C)C. The molecular formula is C8H14N2O. The van der Waals surface area contributed by atoms with E-state index in [0.717, 1.165) is 5.70 Å². The second kappa shape index (κ2) is 5.65. The first-order chi connectivity index (χ1) is 5.22. The maximum atomic E-state index is 10.1. The molecular weight excluding hydrogens is 140 g/mol. The number of allylic oxidation sites excluding steroid dienone is 1. The Kier molecular flexibility index (Phi) is 5.07. The largest absolute Gasteiger partial charge is 0.331 e. The van der Waals surface area contributed by atoms with Crippen LogP contribution in [0.25, 0.3) is 0 Å². The smallest absolute Gasteiger partial charge is 0.211 e. The number of nitrogens with one attached hydrogen (secondary N) is 1. The van der Waals surface area contributed by atoms with Crippen LogP contribution < -0.4 is 5.32 Å². The molecule has 0 radical (unpaired) electrons. The fraction of sp³-hybridized carbons (Fsp3) is 0.500. The summed E-state index contributed by atoms with van der Waals surface area (Å²) in [5.74, 6) is 0.295. The van der Waals surface area contributed by atoms with Gasteiger partial charge in [-0.1, -0.05) is 13.8 Å². The fourth-order valence-electron chi connectivity index (χ4n) is 0.576. The number of nitrogens with zero attached hydrogens (tertiary/aromatic N) is 1. The number of hydrogen-bond donors (Lipinski definition) is 1. The van der Waals surface area contributed by atoms with Gasteiger partial charge in [0, 0.05) is 18.1 Å². The van der Waals surface area contributed by atoms with Crippen LogP contribution in [0.1, 0.15) is 20.8 Å². The molecule has 3 heteroatoms. The lowest BCUT2D eigenvalue weighted by molar-refractivity contribution is -0.109. The average Bonchev–Trinajstić information content (AvgIpc) is 1.97. The standard InChI is InChI=1S/C8H14N2O/c1-4-9-5-8(7(2)3)10-6-11/h4-7H,1-3H3,(H,10,11)/b8-5-,9-4?. The second-order valence-corrected chi connectivity index (χ2v) is 2.41. The molecule has 0 saturated carbocycles. The molecule has 1 N–H and O–H groups in total. The molecule has 0 aliphatic carbocycles. The van der Waals surface area contributed by atoms with Gasteiger partial charge < -0.3 is 5.32 Å². The molecule has 0 heterocycles. The average molecular weight is 154 g/mol. The molecule has 0 fully saturated rings. The topological polar surface area (TPSA) is 41.5 Å². The highest BCUT2D eigenvalue weighted by molar-refractivity contribution is 5.55. The van der Waals surface area contributed by atoms with Crippen LogP contribution in [0.4, 0.5) is 0 Å². The number of carbonyl (C=O) groups is 1. The van der Waals surface area contributed by atoms with Crippen LogP contribution in [0.2, 0.25) is 0 Å². The zero-order valence-electron chi connectivity index (χ0n) is 7.16. The Morgan fingerprint density at radius 1 is 1.55 bits per heavy atom. The zero-order chi connectivity index (χ0) is 8.69. The van der Waals surface area contributed by atoms with Gasteiger partial charge in [0.1, 0.15) is 0 Å². The van der Waals surface area contributed by atoms with Crippen molar-refractivity contribution in [1.29, 1.82) is 0 Å². The first-order valence-electron chi connectivity index (χ1n) is 3.60. The zero-order valence-corrected chi connectivity index (χ0v) is 7.16. The predicted molar refractivity (Wildman–Crippen MR) is 46.3 cm³/mol. The molecule has 0 aromatic heterocycles. The van der Waals surface area contributed by atoms with Gasteiger partial charge in [0.2, 0.25) is 6.41 Å². The summed E-state index contributed by atoms with van der Waals surface area (Å²) in [6.45, 7) is 5.82. The van der Waals surface area contributed by atoms with Gasteiger partial charge in [0.15, 0.2) is 0 Å². The summed E-state index contributed by atoms with van der Waals surface area (Å²) in [7, 11) is 0. The van der Waals surface area contributed by atoms with Gasteiger partial charge in [-0.05, 0) is 12.8 Å². The van der Waals surface area contributed by atoms with Gasteiger partial charge in [-0.3, -0.25) is 9.79 Å². The van der Waals surface area contributed by atoms with Crippen molar-refractivity contribution in [2.75, 3.05) is 0 Å². The van der Waals surface area contributed by atoms with Crippen LogP contribution in [-0.2, 0) is 4.79 Å². The Labute approximate surface area is 67.2 Å².